The van der Waals surface area contributed by atoms with Gasteiger partial charge in [-0.05, 0) is 104 Å². The molecule has 5 heteroatoms. The fraction of sp³-hybridized carbons (Fsp3) is 0. The second-order valence-corrected chi connectivity index (χ2v) is 25.8. The molecule has 1 atom stereocenters. The Balaban J connectivity index is 1.01. The fourth-order valence-corrected chi connectivity index (χ4v) is 24.4. The number of para-hydroxylation sites is 2. The van der Waals surface area contributed by atoms with Gasteiger partial charge in [-0.3, -0.25) is 0 Å². The van der Waals surface area contributed by atoms with Crippen molar-refractivity contribution in [3.05, 3.63) is 261 Å². The van der Waals surface area contributed by atoms with Crippen LogP contribution in [0.5, 0.6) is 0 Å². The topological polar surface area (TPSA) is 8.17 Å². The summed E-state index contributed by atoms with van der Waals surface area (Å²) in [5.41, 5.74) is 9.46. The Hall–Kier alpha value is -7.94. The van der Waals surface area contributed by atoms with Crippen LogP contribution in [0.4, 0.5) is 17.1 Å². The summed E-state index contributed by atoms with van der Waals surface area (Å²) in [6.45, 7) is 0. The molecule has 12 aromatic rings. The van der Waals surface area contributed by atoms with Gasteiger partial charge in [0.05, 0.1) is 16.7 Å². The number of anilines is 3. The Kier molecular flexibility index (Phi) is 9.37. The normalized spacial score (nSPS) is 14.3. The molecule has 1 aromatic heterocycles. The molecular formula is C64H44N2SSi2. The van der Waals surface area contributed by atoms with Gasteiger partial charge in [-0.1, -0.05) is 221 Å². The first-order valence-corrected chi connectivity index (χ1v) is 28.4. The Morgan fingerprint density at radius 2 is 0.986 bits per heavy atom. The van der Waals surface area contributed by atoms with Crippen LogP contribution in [-0.4, -0.2) is 21.4 Å². The lowest BCUT2D eigenvalue weighted by Gasteiger charge is -2.46. The molecule has 324 valence electrons. The van der Waals surface area contributed by atoms with E-state index >= 15 is 0 Å². The average molecular weight is 929 g/mol. The average Bonchev–Trinajstić information content (AvgIpc) is 3.76. The molecule has 0 saturated heterocycles. The molecule has 0 radical (unpaired) electrons. The second-order valence-electron chi connectivity index (χ2n) is 18.3. The van der Waals surface area contributed by atoms with Crippen molar-refractivity contribution in [3.63, 3.8) is 0 Å². The van der Waals surface area contributed by atoms with Crippen molar-refractivity contribution in [2.75, 3.05) is 4.90 Å². The van der Waals surface area contributed by atoms with E-state index in [0.29, 0.717) is 0 Å². The maximum absolute atomic E-state index is 2.90. The number of aromatic nitrogens is 1. The maximum atomic E-state index is 2.64. The second kappa shape index (κ2) is 16.1. The van der Waals surface area contributed by atoms with Crippen molar-refractivity contribution < 1.29 is 0 Å². The summed E-state index contributed by atoms with van der Waals surface area (Å²) < 4.78 is 2.41. The van der Waals surface area contributed by atoms with E-state index < -0.39 is 16.9 Å². The molecule has 0 amide bonds. The summed E-state index contributed by atoms with van der Waals surface area (Å²) in [6, 6.07) is 98.5. The molecule has 0 aliphatic carbocycles. The summed E-state index contributed by atoms with van der Waals surface area (Å²) in [6.07, 6.45) is 0. The van der Waals surface area contributed by atoms with E-state index in [9.17, 15) is 0 Å². The van der Waals surface area contributed by atoms with Gasteiger partial charge in [0, 0.05) is 43.0 Å². The van der Waals surface area contributed by atoms with Gasteiger partial charge < -0.3 is 9.47 Å². The third-order valence-corrected chi connectivity index (χ3v) is 25.2. The van der Waals surface area contributed by atoms with Gasteiger partial charge in [0.2, 0.25) is 0 Å². The molecule has 2 aliphatic rings. The fourth-order valence-electron chi connectivity index (χ4n) is 12.0. The third kappa shape index (κ3) is 6.11. The first kappa shape index (κ1) is 40.2. The van der Waals surface area contributed by atoms with Crippen LogP contribution in [0.2, 0.25) is 0 Å². The van der Waals surface area contributed by atoms with Crippen molar-refractivity contribution >= 4 is 115 Å². The highest BCUT2D eigenvalue weighted by molar-refractivity contribution is 8.00. The van der Waals surface area contributed by atoms with Gasteiger partial charge in [0.15, 0.2) is 8.07 Å². The number of hydrogen-bond acceptors (Lipinski definition) is 2. The van der Waals surface area contributed by atoms with Gasteiger partial charge in [0.25, 0.3) is 0 Å². The van der Waals surface area contributed by atoms with E-state index in [1.807, 2.05) is 11.8 Å². The Morgan fingerprint density at radius 1 is 0.406 bits per heavy atom. The summed E-state index contributed by atoms with van der Waals surface area (Å²) >= 11 is 1.94. The highest BCUT2D eigenvalue weighted by Gasteiger charge is 2.53. The van der Waals surface area contributed by atoms with Crippen LogP contribution in [-0.2, 0) is 0 Å². The van der Waals surface area contributed by atoms with E-state index in [0.717, 1.165) is 17.1 Å². The molecule has 11 aromatic carbocycles. The number of fused-ring (bicyclic) bond motifs is 12. The van der Waals surface area contributed by atoms with E-state index in [2.05, 4.69) is 270 Å². The lowest BCUT2D eigenvalue weighted by Crippen LogP contribution is -2.87. The Bertz CT molecular complexity index is 3910. The van der Waals surface area contributed by atoms with Crippen LogP contribution < -0.4 is 41.2 Å². The van der Waals surface area contributed by atoms with Crippen LogP contribution in [0.15, 0.2) is 271 Å². The van der Waals surface area contributed by atoms with Crippen LogP contribution in [0.1, 0.15) is 0 Å². The van der Waals surface area contributed by atoms with E-state index in [1.165, 1.54) is 85.1 Å². The number of benzene rings is 11. The molecule has 69 heavy (non-hydrogen) atoms. The predicted octanol–water partition coefficient (Wildman–Crippen LogP) is 11.5. The van der Waals surface area contributed by atoms with E-state index in [4.69, 9.17) is 0 Å². The number of nitrogens with zero attached hydrogens (tertiary/aromatic N) is 2. The smallest absolute Gasteiger partial charge is 0.181 e. The standard InChI is InChI=1S/C64H44N2SSi2/c1-3-21-46(22-4-1)66-54-28-10-9-26-52(54)64-51(27-18-30-55(64)66)45-37-39-47(40-38-45)65(53-29-17-20-44-19-7-8-25-50(44)53)48-41-42-59-63(43-48)69(60-34-14-11-31-56(60)67-57-32-12-15-35-61(57)69)62-36-16-13-33-58(62)68(59)49-23-5-2-6-24-49/h1-43,68H. The summed E-state index contributed by atoms with van der Waals surface area (Å²) in [4.78, 5) is 5.28. The summed E-state index contributed by atoms with van der Waals surface area (Å²) in [5.74, 6) is 0. The maximum Gasteiger partial charge on any atom is 0.181 e. The highest BCUT2D eigenvalue weighted by Crippen LogP contribution is 2.43. The largest absolute Gasteiger partial charge is 0.310 e. The molecule has 1 unspecified atom stereocenters. The van der Waals surface area contributed by atoms with Gasteiger partial charge >= 0.3 is 0 Å². The van der Waals surface area contributed by atoms with Crippen LogP contribution in [0.3, 0.4) is 0 Å². The minimum Gasteiger partial charge on any atom is -0.310 e. The quantitative estimate of drug-likeness (QED) is 0.154. The molecule has 0 N–H and O–H groups in total. The predicted molar refractivity (Wildman–Crippen MR) is 299 cm³/mol. The van der Waals surface area contributed by atoms with Gasteiger partial charge in [-0.25, -0.2) is 0 Å². The van der Waals surface area contributed by atoms with Gasteiger partial charge in [-0.15, -0.1) is 0 Å². The van der Waals surface area contributed by atoms with Crippen molar-refractivity contribution in [2.24, 2.45) is 0 Å². The monoisotopic (exact) mass is 928 g/mol. The molecule has 2 nitrogen and oxygen atoms in total. The van der Waals surface area contributed by atoms with Crippen LogP contribution >= 0.6 is 11.8 Å². The molecular weight excluding hydrogens is 885 g/mol. The molecule has 3 heterocycles. The molecule has 0 saturated carbocycles. The number of rotatable bonds is 6. The van der Waals surface area contributed by atoms with Crippen molar-refractivity contribution in [3.8, 4) is 16.8 Å². The zero-order chi connectivity index (χ0) is 45.5. The lowest BCUT2D eigenvalue weighted by atomic mass is 9.99. The lowest BCUT2D eigenvalue weighted by molar-refractivity contribution is 1.18. The van der Waals surface area contributed by atoms with E-state index in [1.54, 1.807) is 10.4 Å². The molecule has 0 fully saturated rings. The summed E-state index contributed by atoms with van der Waals surface area (Å²) in [5, 5.41) is 15.5. The molecule has 0 bridgehead atoms. The van der Waals surface area contributed by atoms with Crippen LogP contribution in [0.25, 0.3) is 49.4 Å². The molecule has 1 spiro atoms. The summed E-state index contributed by atoms with van der Waals surface area (Å²) in [7, 11) is -4.84. The first-order chi connectivity index (χ1) is 34.3. The first-order valence-electron chi connectivity index (χ1n) is 23.9. The third-order valence-electron chi connectivity index (χ3n) is 14.8. The zero-order valence-corrected chi connectivity index (χ0v) is 40.7. The van der Waals surface area contributed by atoms with E-state index in [-0.39, 0.29) is 0 Å². The van der Waals surface area contributed by atoms with Crippen molar-refractivity contribution in [2.45, 2.75) is 9.79 Å². The molecule has 14 rings (SSSR count). The number of hydrogen-bond donors (Lipinski definition) is 0. The van der Waals surface area contributed by atoms with Crippen LogP contribution in [0, 0.1) is 0 Å². The van der Waals surface area contributed by atoms with Gasteiger partial charge in [0.1, 0.15) is 8.80 Å². The van der Waals surface area contributed by atoms with Crippen molar-refractivity contribution in [1.82, 2.24) is 4.57 Å². The minimum atomic E-state index is -2.90. The minimum absolute atomic E-state index is 1.12. The van der Waals surface area contributed by atoms with Gasteiger partial charge in [-0.2, -0.15) is 0 Å². The molecule has 2 aliphatic heterocycles. The SMILES string of the molecule is c1ccc(-n2c3ccccc3c3c(-c4ccc(N(c5ccc6c(c5)[Si]5(c7ccccc7Sc7ccccc75)c5ccccc5[SiH]6c5ccccc5)c5cccc6ccccc56)cc4)cccc32)cc1. The zero-order valence-electron chi connectivity index (χ0n) is 37.7. The Labute approximate surface area is 409 Å². The van der Waals surface area contributed by atoms with Crippen molar-refractivity contribution in [1.29, 1.82) is 0 Å². The highest BCUT2D eigenvalue weighted by atomic mass is 32.2. The Morgan fingerprint density at radius 3 is 1.77 bits per heavy atom.